The molecule has 0 fully saturated rings. The first-order chi connectivity index (χ1) is 16.6. The molecule has 3 aromatic rings. The fraction of sp³-hybridized carbons (Fsp3) is 0.269. The van der Waals surface area contributed by atoms with Crippen molar-refractivity contribution in [2.24, 2.45) is 5.10 Å². The van der Waals surface area contributed by atoms with Gasteiger partial charge in [0.1, 0.15) is 5.75 Å². The summed E-state index contributed by atoms with van der Waals surface area (Å²) < 4.78 is 29.3. The van der Waals surface area contributed by atoms with Gasteiger partial charge in [-0.25, -0.2) is 5.01 Å². The Hall–Kier alpha value is -3.39. The lowest BCUT2D eigenvalue weighted by molar-refractivity contribution is -0.0192. The van der Waals surface area contributed by atoms with Crippen molar-refractivity contribution in [1.29, 1.82) is 0 Å². The van der Waals surface area contributed by atoms with Crippen molar-refractivity contribution in [1.82, 2.24) is 5.01 Å². The Bertz CT molecular complexity index is 1260. The summed E-state index contributed by atoms with van der Waals surface area (Å²) in [5.41, 5.74) is 3.95. The fourth-order valence-corrected chi connectivity index (χ4v) is 4.85. The number of hydrogen-bond donors (Lipinski definition) is 0. The Morgan fingerprint density at radius 2 is 1.50 bits per heavy atom. The maximum absolute atomic E-state index is 6.48. The molecule has 2 atom stereocenters. The van der Waals surface area contributed by atoms with Crippen molar-refractivity contribution < 1.29 is 23.7 Å². The van der Waals surface area contributed by atoms with Gasteiger partial charge in [0, 0.05) is 27.6 Å². The van der Waals surface area contributed by atoms with E-state index in [0.29, 0.717) is 23.0 Å². The van der Waals surface area contributed by atoms with Crippen molar-refractivity contribution in [2.75, 3.05) is 28.4 Å². The van der Waals surface area contributed by atoms with Crippen LogP contribution in [-0.2, 0) is 0 Å². The van der Waals surface area contributed by atoms with Crippen molar-refractivity contribution in [3.63, 3.8) is 0 Å². The minimum absolute atomic E-state index is 0.0162. The molecule has 0 radical (unpaired) electrons. The SMILES string of the molecule is COc1ccc(C2=NN3[C@H](C2)c2cc(Br)ccc2O[C@@H]3c2ccc(OC)c(OC)c2)cc1OC. The molecule has 0 saturated heterocycles. The van der Waals surface area contributed by atoms with E-state index in [1.54, 1.807) is 28.4 Å². The van der Waals surface area contributed by atoms with Gasteiger partial charge in [-0.2, -0.15) is 5.10 Å². The molecule has 0 aliphatic carbocycles. The van der Waals surface area contributed by atoms with Gasteiger partial charge in [-0.15, -0.1) is 0 Å². The van der Waals surface area contributed by atoms with Crippen molar-refractivity contribution in [2.45, 2.75) is 18.7 Å². The first-order valence-corrected chi connectivity index (χ1v) is 11.6. The van der Waals surface area contributed by atoms with Crippen LogP contribution in [0.5, 0.6) is 28.7 Å². The number of methoxy groups -OCH3 is 4. The van der Waals surface area contributed by atoms with Gasteiger partial charge in [0.25, 0.3) is 0 Å². The van der Waals surface area contributed by atoms with Crippen LogP contribution < -0.4 is 23.7 Å². The predicted octanol–water partition coefficient (Wildman–Crippen LogP) is 5.73. The topological polar surface area (TPSA) is 61.8 Å². The Balaban J connectivity index is 1.59. The molecule has 7 nitrogen and oxygen atoms in total. The first-order valence-electron chi connectivity index (χ1n) is 10.8. The number of halogens is 1. The van der Waals surface area contributed by atoms with Crippen LogP contribution in [0.15, 0.2) is 64.2 Å². The zero-order valence-corrected chi connectivity index (χ0v) is 21.0. The molecule has 34 heavy (non-hydrogen) atoms. The van der Waals surface area contributed by atoms with Gasteiger partial charge in [0.15, 0.2) is 23.0 Å². The Morgan fingerprint density at radius 1 is 0.824 bits per heavy atom. The largest absolute Gasteiger partial charge is 0.493 e. The monoisotopic (exact) mass is 524 g/mol. The van der Waals surface area contributed by atoms with Crippen LogP contribution in [0, 0.1) is 0 Å². The molecule has 3 aromatic carbocycles. The molecule has 5 rings (SSSR count). The third kappa shape index (κ3) is 3.81. The zero-order chi connectivity index (χ0) is 23.8. The molecular formula is C26H25BrN2O5. The van der Waals surface area contributed by atoms with Crippen molar-refractivity contribution >= 4 is 21.6 Å². The second-order valence-electron chi connectivity index (χ2n) is 7.98. The molecular weight excluding hydrogens is 500 g/mol. The number of benzene rings is 3. The molecule has 176 valence electrons. The molecule has 0 N–H and O–H groups in total. The fourth-order valence-electron chi connectivity index (χ4n) is 4.47. The maximum Gasteiger partial charge on any atom is 0.214 e. The molecule has 0 saturated carbocycles. The van der Waals surface area contributed by atoms with Gasteiger partial charge in [-0.1, -0.05) is 15.9 Å². The van der Waals surface area contributed by atoms with Gasteiger partial charge in [0.2, 0.25) is 6.23 Å². The van der Waals surface area contributed by atoms with E-state index >= 15 is 0 Å². The highest BCUT2D eigenvalue weighted by atomic mass is 79.9. The van der Waals surface area contributed by atoms with E-state index in [2.05, 4.69) is 22.0 Å². The van der Waals surface area contributed by atoms with Crippen LogP contribution in [-0.4, -0.2) is 39.2 Å². The first kappa shape index (κ1) is 22.4. The lowest BCUT2D eigenvalue weighted by atomic mass is 9.95. The average molecular weight is 525 g/mol. The van der Waals surface area contributed by atoms with Gasteiger partial charge in [-0.05, 0) is 54.6 Å². The second-order valence-corrected chi connectivity index (χ2v) is 8.90. The molecule has 2 aliphatic heterocycles. The summed E-state index contributed by atoms with van der Waals surface area (Å²) in [4.78, 5) is 0. The van der Waals surface area contributed by atoms with Gasteiger partial charge >= 0.3 is 0 Å². The predicted molar refractivity (Wildman–Crippen MR) is 132 cm³/mol. The number of rotatable bonds is 6. The minimum Gasteiger partial charge on any atom is -0.493 e. The Morgan fingerprint density at radius 3 is 2.21 bits per heavy atom. The lowest BCUT2D eigenvalue weighted by Gasteiger charge is -2.38. The molecule has 8 heteroatoms. The molecule has 0 bridgehead atoms. The van der Waals surface area contributed by atoms with E-state index < -0.39 is 6.23 Å². The smallest absolute Gasteiger partial charge is 0.214 e. The molecule has 2 aliphatic rings. The normalized spacial score (nSPS) is 18.4. The highest BCUT2D eigenvalue weighted by molar-refractivity contribution is 9.10. The standard InChI is InChI=1S/C26H25BrN2O5/c1-30-22-8-5-15(11-24(22)32-3)19-14-20-18-13-17(27)7-10-21(18)34-26(29(20)28-19)16-6-9-23(31-2)25(12-16)33-4/h5-13,20,26H,14H2,1-4H3/t20-,26-/m1/s1. The van der Waals surface area contributed by atoms with Crippen LogP contribution in [0.25, 0.3) is 0 Å². The summed E-state index contributed by atoms with van der Waals surface area (Å²) in [7, 11) is 6.52. The maximum atomic E-state index is 6.48. The van der Waals surface area contributed by atoms with Crippen LogP contribution in [0.3, 0.4) is 0 Å². The third-order valence-corrected chi connectivity index (χ3v) is 6.65. The van der Waals surface area contributed by atoms with Gasteiger partial charge < -0.3 is 23.7 Å². The highest BCUT2D eigenvalue weighted by Gasteiger charge is 2.41. The average Bonchev–Trinajstić information content (AvgIpc) is 3.33. The molecule has 0 unspecified atom stereocenters. The zero-order valence-electron chi connectivity index (χ0n) is 19.4. The number of ether oxygens (including phenoxy) is 5. The number of fused-ring (bicyclic) bond motifs is 3. The van der Waals surface area contributed by atoms with E-state index in [1.807, 2.05) is 53.5 Å². The third-order valence-electron chi connectivity index (χ3n) is 6.16. The van der Waals surface area contributed by atoms with Gasteiger partial charge in [-0.3, -0.25) is 0 Å². The van der Waals surface area contributed by atoms with E-state index in [4.69, 9.17) is 28.8 Å². The van der Waals surface area contributed by atoms with E-state index in [9.17, 15) is 0 Å². The minimum atomic E-state index is -0.420. The second kappa shape index (κ2) is 9.10. The quantitative estimate of drug-likeness (QED) is 0.410. The van der Waals surface area contributed by atoms with Crippen LogP contribution in [0.2, 0.25) is 0 Å². The summed E-state index contributed by atoms with van der Waals surface area (Å²) >= 11 is 3.60. The van der Waals surface area contributed by atoms with E-state index in [-0.39, 0.29) is 6.04 Å². The molecule has 0 spiro atoms. The number of hydrazone groups is 1. The number of hydrogen-bond acceptors (Lipinski definition) is 7. The molecule has 2 heterocycles. The summed E-state index contributed by atoms with van der Waals surface area (Å²) in [5, 5.41) is 7.07. The van der Waals surface area contributed by atoms with Crippen molar-refractivity contribution in [3.05, 3.63) is 75.8 Å². The summed E-state index contributed by atoms with van der Waals surface area (Å²) in [6.45, 7) is 0. The van der Waals surface area contributed by atoms with Crippen LogP contribution in [0.4, 0.5) is 0 Å². The Labute approximate surface area is 207 Å². The highest BCUT2D eigenvalue weighted by Crippen LogP contribution is 2.49. The lowest BCUT2D eigenvalue weighted by Crippen LogP contribution is -2.33. The van der Waals surface area contributed by atoms with E-state index in [0.717, 1.165) is 39.0 Å². The summed E-state index contributed by atoms with van der Waals surface area (Å²) in [5.74, 6) is 3.50. The van der Waals surface area contributed by atoms with Crippen molar-refractivity contribution in [3.8, 4) is 28.7 Å². The molecule has 0 amide bonds. The van der Waals surface area contributed by atoms with Gasteiger partial charge in [0.05, 0.1) is 40.2 Å². The van der Waals surface area contributed by atoms with Crippen LogP contribution in [0.1, 0.15) is 35.4 Å². The number of nitrogens with zero attached hydrogens (tertiary/aromatic N) is 2. The summed E-state index contributed by atoms with van der Waals surface area (Å²) in [6, 6.07) is 17.8. The van der Waals surface area contributed by atoms with E-state index in [1.165, 1.54) is 0 Å². The molecule has 0 aromatic heterocycles. The summed E-state index contributed by atoms with van der Waals surface area (Å²) in [6.07, 6.45) is 0.308. The van der Waals surface area contributed by atoms with Crippen LogP contribution >= 0.6 is 15.9 Å². The Kier molecular flexibility index (Phi) is 6.00.